The van der Waals surface area contributed by atoms with Crippen LogP contribution in [-0.4, -0.2) is 56.5 Å². The van der Waals surface area contributed by atoms with Gasteiger partial charge in [-0.05, 0) is 57.8 Å². The van der Waals surface area contributed by atoms with Crippen LogP contribution < -0.4 is 20.1 Å². The maximum Gasteiger partial charge on any atom is 0.191 e. The fraction of sp³-hybridized carbons (Fsp3) is 0.696. The minimum atomic E-state index is 0.209. The molecule has 7 heteroatoms. The predicted molar refractivity (Wildman–Crippen MR) is 125 cm³/mol. The highest BCUT2D eigenvalue weighted by atomic mass is 32.2. The molecule has 1 aliphatic carbocycles. The summed E-state index contributed by atoms with van der Waals surface area (Å²) < 4.78 is 17.7. The van der Waals surface area contributed by atoms with E-state index in [9.17, 15) is 0 Å². The number of hydrogen-bond donors (Lipinski definition) is 2. The van der Waals surface area contributed by atoms with E-state index in [1.165, 1.54) is 12.8 Å². The van der Waals surface area contributed by atoms with Gasteiger partial charge in [-0.25, -0.2) is 4.99 Å². The average molecular weight is 436 g/mol. The first-order valence-corrected chi connectivity index (χ1v) is 12.4. The Labute approximate surface area is 185 Å². The van der Waals surface area contributed by atoms with Gasteiger partial charge in [0, 0.05) is 36.6 Å². The fourth-order valence-corrected chi connectivity index (χ4v) is 4.89. The van der Waals surface area contributed by atoms with Gasteiger partial charge in [0.05, 0.1) is 19.8 Å². The van der Waals surface area contributed by atoms with Crippen molar-refractivity contribution in [2.45, 2.75) is 62.8 Å². The van der Waals surface area contributed by atoms with E-state index in [1.54, 1.807) is 7.11 Å². The number of methoxy groups -OCH3 is 1. The van der Waals surface area contributed by atoms with Gasteiger partial charge in [0.25, 0.3) is 0 Å². The third-order valence-electron chi connectivity index (χ3n) is 6.03. The summed E-state index contributed by atoms with van der Waals surface area (Å²) in [6.07, 6.45) is 9.32. The second-order valence-electron chi connectivity index (χ2n) is 8.02. The Morgan fingerprint density at radius 3 is 2.67 bits per heavy atom. The molecular weight excluding hydrogens is 398 g/mol. The lowest BCUT2D eigenvalue weighted by molar-refractivity contribution is 0.0783. The summed E-state index contributed by atoms with van der Waals surface area (Å²) in [5.74, 6) is 2.47. The quantitative estimate of drug-likeness (QED) is 0.452. The van der Waals surface area contributed by atoms with Crippen LogP contribution in [0.5, 0.6) is 11.5 Å². The topological polar surface area (TPSA) is 64.1 Å². The molecule has 2 fully saturated rings. The Morgan fingerprint density at radius 1 is 1.23 bits per heavy atom. The van der Waals surface area contributed by atoms with Crippen LogP contribution in [0.2, 0.25) is 0 Å². The zero-order chi connectivity index (χ0) is 21.2. The molecule has 1 saturated carbocycles. The van der Waals surface area contributed by atoms with E-state index in [0.717, 1.165) is 75.0 Å². The first kappa shape index (κ1) is 23.1. The van der Waals surface area contributed by atoms with E-state index in [1.807, 2.05) is 23.9 Å². The summed E-state index contributed by atoms with van der Waals surface area (Å²) in [7, 11) is 1.70. The van der Waals surface area contributed by atoms with Gasteiger partial charge in [-0.2, -0.15) is 11.8 Å². The van der Waals surface area contributed by atoms with Crippen LogP contribution >= 0.6 is 11.8 Å². The smallest absolute Gasteiger partial charge is 0.191 e. The minimum Gasteiger partial charge on any atom is -0.493 e. The van der Waals surface area contributed by atoms with Gasteiger partial charge in [-0.1, -0.05) is 12.1 Å². The molecule has 30 heavy (non-hydrogen) atoms. The average Bonchev–Trinajstić information content (AvgIpc) is 3.30. The zero-order valence-corrected chi connectivity index (χ0v) is 19.5. The number of guanidine groups is 1. The van der Waals surface area contributed by atoms with E-state index < -0.39 is 0 Å². The van der Waals surface area contributed by atoms with Gasteiger partial charge >= 0.3 is 0 Å². The normalized spacial score (nSPS) is 19.5. The Hall–Kier alpha value is -1.60. The summed E-state index contributed by atoms with van der Waals surface area (Å²) in [5, 5.41) is 6.95. The second-order valence-corrected chi connectivity index (χ2v) is 9.30. The Kier molecular flexibility index (Phi) is 9.00. The lowest BCUT2D eigenvalue weighted by Gasteiger charge is -2.36. The van der Waals surface area contributed by atoms with Gasteiger partial charge in [-0.15, -0.1) is 0 Å². The minimum absolute atomic E-state index is 0.209. The Morgan fingerprint density at radius 2 is 2.00 bits per heavy atom. The molecular formula is C23H37N3O3S. The standard InChI is InChI=1S/C23H37N3O3S/c1-4-24-22(26-17-23(30-3)12-14-28-15-13-23)25-16-18-8-7-11-20(27-2)21(18)29-19-9-5-6-10-19/h7-8,11,19H,4-6,9-10,12-17H2,1-3H3,(H2,24,25,26). The molecule has 0 unspecified atom stereocenters. The van der Waals surface area contributed by atoms with Crippen LogP contribution in [0, 0.1) is 0 Å². The van der Waals surface area contributed by atoms with Gasteiger partial charge in [0.15, 0.2) is 17.5 Å². The summed E-state index contributed by atoms with van der Waals surface area (Å²) in [5.41, 5.74) is 1.06. The number of nitrogens with zero attached hydrogens (tertiary/aromatic N) is 1. The van der Waals surface area contributed by atoms with Crippen LogP contribution in [0.3, 0.4) is 0 Å². The molecule has 0 radical (unpaired) electrons. The second kappa shape index (κ2) is 11.7. The van der Waals surface area contributed by atoms with E-state index in [0.29, 0.717) is 6.54 Å². The van der Waals surface area contributed by atoms with Gasteiger partial charge < -0.3 is 24.8 Å². The zero-order valence-electron chi connectivity index (χ0n) is 18.7. The molecule has 1 aromatic carbocycles. The first-order valence-electron chi connectivity index (χ1n) is 11.2. The van der Waals surface area contributed by atoms with Crippen molar-refractivity contribution in [1.82, 2.24) is 10.6 Å². The maximum absolute atomic E-state index is 6.36. The molecule has 1 aliphatic heterocycles. The molecule has 0 aromatic heterocycles. The number of para-hydroxylation sites is 1. The number of nitrogens with one attached hydrogen (secondary N) is 2. The largest absolute Gasteiger partial charge is 0.493 e. The molecule has 2 N–H and O–H groups in total. The van der Waals surface area contributed by atoms with E-state index in [-0.39, 0.29) is 10.9 Å². The third kappa shape index (κ3) is 6.20. The summed E-state index contributed by atoms with van der Waals surface area (Å²) in [6.45, 7) is 6.02. The SMILES string of the molecule is CCNC(=NCc1cccc(OC)c1OC1CCCC1)NCC1(SC)CCOCC1. The molecule has 168 valence electrons. The third-order valence-corrected chi connectivity index (χ3v) is 7.45. The van der Waals surface area contributed by atoms with Crippen LogP contribution in [0.1, 0.15) is 51.0 Å². The van der Waals surface area contributed by atoms with Crippen molar-refractivity contribution in [3.05, 3.63) is 23.8 Å². The number of rotatable bonds is 9. The van der Waals surface area contributed by atoms with E-state index >= 15 is 0 Å². The van der Waals surface area contributed by atoms with Gasteiger partial charge in [-0.3, -0.25) is 0 Å². The molecule has 0 spiro atoms. The van der Waals surface area contributed by atoms with Crippen LogP contribution in [0.15, 0.2) is 23.2 Å². The molecule has 0 bridgehead atoms. The van der Waals surface area contributed by atoms with Crippen molar-refractivity contribution in [1.29, 1.82) is 0 Å². The summed E-state index contributed by atoms with van der Waals surface area (Å²) in [6, 6.07) is 6.06. The Balaban J connectivity index is 1.70. The summed E-state index contributed by atoms with van der Waals surface area (Å²) >= 11 is 1.93. The molecule has 0 amide bonds. The molecule has 1 heterocycles. The molecule has 1 saturated heterocycles. The van der Waals surface area contributed by atoms with Crippen molar-refractivity contribution in [3.8, 4) is 11.5 Å². The number of ether oxygens (including phenoxy) is 3. The van der Waals surface area contributed by atoms with E-state index in [2.05, 4.69) is 29.9 Å². The molecule has 3 rings (SSSR count). The maximum atomic E-state index is 6.36. The lowest BCUT2D eigenvalue weighted by atomic mass is 9.99. The molecule has 1 aromatic rings. The monoisotopic (exact) mass is 435 g/mol. The van der Waals surface area contributed by atoms with Crippen LogP contribution in [0.25, 0.3) is 0 Å². The van der Waals surface area contributed by atoms with Crippen LogP contribution in [0.4, 0.5) is 0 Å². The molecule has 6 nitrogen and oxygen atoms in total. The number of hydrogen-bond acceptors (Lipinski definition) is 5. The number of thioether (sulfide) groups is 1. The lowest BCUT2D eigenvalue weighted by Crippen LogP contribution is -2.47. The van der Waals surface area contributed by atoms with Crippen molar-refractivity contribution < 1.29 is 14.2 Å². The van der Waals surface area contributed by atoms with Crippen molar-refractivity contribution >= 4 is 17.7 Å². The predicted octanol–water partition coefficient (Wildman–Crippen LogP) is 3.98. The Bertz CT molecular complexity index is 686. The first-order chi connectivity index (χ1) is 14.7. The highest BCUT2D eigenvalue weighted by Crippen LogP contribution is 2.35. The molecule has 2 aliphatic rings. The number of aliphatic imine (C=N–C) groups is 1. The summed E-state index contributed by atoms with van der Waals surface area (Å²) in [4.78, 5) is 4.86. The molecule has 0 atom stereocenters. The van der Waals surface area contributed by atoms with Crippen molar-refractivity contribution in [2.75, 3.05) is 39.7 Å². The van der Waals surface area contributed by atoms with Crippen LogP contribution in [-0.2, 0) is 11.3 Å². The van der Waals surface area contributed by atoms with Crippen molar-refractivity contribution in [3.63, 3.8) is 0 Å². The van der Waals surface area contributed by atoms with E-state index in [4.69, 9.17) is 19.2 Å². The highest BCUT2D eigenvalue weighted by molar-refractivity contribution is 8.00. The number of benzene rings is 1. The van der Waals surface area contributed by atoms with Gasteiger partial charge in [0.1, 0.15) is 0 Å². The highest BCUT2D eigenvalue weighted by Gasteiger charge is 2.31. The van der Waals surface area contributed by atoms with Gasteiger partial charge in [0.2, 0.25) is 0 Å². The van der Waals surface area contributed by atoms with Crippen molar-refractivity contribution in [2.24, 2.45) is 4.99 Å². The fourth-order valence-electron chi connectivity index (χ4n) is 4.10.